The van der Waals surface area contributed by atoms with Crippen molar-refractivity contribution in [2.24, 2.45) is 5.92 Å². The maximum absolute atomic E-state index is 12.8. The summed E-state index contributed by atoms with van der Waals surface area (Å²) in [5, 5.41) is 4.36. The molecule has 0 N–H and O–H groups in total. The van der Waals surface area contributed by atoms with Gasteiger partial charge >= 0.3 is 0 Å². The first-order valence-electron chi connectivity index (χ1n) is 8.87. The van der Waals surface area contributed by atoms with Gasteiger partial charge in [0.25, 0.3) is 5.91 Å². The molecule has 1 aromatic rings. The van der Waals surface area contributed by atoms with E-state index in [1.54, 1.807) is 6.20 Å². The molecule has 0 aromatic carbocycles. The van der Waals surface area contributed by atoms with Gasteiger partial charge in [0.15, 0.2) is 0 Å². The Labute approximate surface area is 136 Å². The number of piperazine rings is 1. The predicted molar refractivity (Wildman–Crippen MR) is 85.0 cm³/mol. The van der Waals surface area contributed by atoms with E-state index in [0.717, 1.165) is 49.9 Å². The van der Waals surface area contributed by atoms with E-state index in [-0.39, 0.29) is 11.8 Å². The second-order valence-corrected chi connectivity index (χ2v) is 6.93. The van der Waals surface area contributed by atoms with Gasteiger partial charge in [-0.05, 0) is 32.1 Å². The van der Waals surface area contributed by atoms with Crippen LogP contribution in [0, 0.1) is 5.92 Å². The molecule has 0 unspecified atom stereocenters. The molecule has 0 bridgehead atoms. The molecule has 0 radical (unpaired) electrons. The van der Waals surface area contributed by atoms with Gasteiger partial charge in [0, 0.05) is 38.6 Å². The molecule has 1 aromatic heterocycles. The second-order valence-electron chi connectivity index (χ2n) is 6.93. The summed E-state index contributed by atoms with van der Waals surface area (Å²) in [5.74, 6) is 0.634. The number of rotatable bonds is 2. The molecule has 6 heteroatoms. The Morgan fingerprint density at radius 3 is 2.39 bits per heavy atom. The summed E-state index contributed by atoms with van der Waals surface area (Å²) in [5.41, 5.74) is 1.86. The van der Waals surface area contributed by atoms with Gasteiger partial charge < -0.3 is 9.80 Å². The van der Waals surface area contributed by atoms with Crippen LogP contribution in [-0.4, -0.2) is 57.6 Å². The lowest BCUT2D eigenvalue weighted by Gasteiger charge is -2.38. The van der Waals surface area contributed by atoms with Crippen molar-refractivity contribution in [1.29, 1.82) is 0 Å². The molecule has 2 fully saturated rings. The summed E-state index contributed by atoms with van der Waals surface area (Å²) in [7, 11) is 0. The molecule has 0 atom stereocenters. The van der Waals surface area contributed by atoms with Crippen molar-refractivity contribution in [3.05, 3.63) is 17.5 Å². The molecule has 3 aliphatic rings. The average molecular weight is 316 g/mol. The van der Waals surface area contributed by atoms with Crippen LogP contribution in [-0.2, 0) is 17.8 Å². The summed E-state index contributed by atoms with van der Waals surface area (Å²) in [6.45, 7) is 3.55. The zero-order valence-electron chi connectivity index (χ0n) is 13.5. The number of hydrogen-bond donors (Lipinski definition) is 0. The number of aromatic nitrogens is 2. The van der Waals surface area contributed by atoms with Crippen LogP contribution in [0.25, 0.3) is 0 Å². The Morgan fingerprint density at radius 1 is 0.957 bits per heavy atom. The largest absolute Gasteiger partial charge is 0.339 e. The quantitative estimate of drug-likeness (QED) is 0.826. The van der Waals surface area contributed by atoms with Crippen LogP contribution >= 0.6 is 0 Å². The Morgan fingerprint density at radius 2 is 1.70 bits per heavy atom. The van der Waals surface area contributed by atoms with Crippen LogP contribution in [0.3, 0.4) is 0 Å². The summed E-state index contributed by atoms with van der Waals surface area (Å²) in [6, 6.07) is 0. The van der Waals surface area contributed by atoms with E-state index in [2.05, 4.69) is 5.10 Å². The third-order valence-electron chi connectivity index (χ3n) is 5.55. The van der Waals surface area contributed by atoms with E-state index in [4.69, 9.17) is 0 Å². The molecule has 1 aliphatic carbocycles. The lowest BCUT2D eigenvalue weighted by atomic mass is 9.84. The van der Waals surface area contributed by atoms with Gasteiger partial charge in [-0.2, -0.15) is 5.10 Å². The van der Waals surface area contributed by atoms with E-state index in [1.807, 2.05) is 14.5 Å². The molecule has 1 saturated carbocycles. The number of amides is 2. The van der Waals surface area contributed by atoms with Crippen molar-refractivity contribution in [3.8, 4) is 0 Å². The van der Waals surface area contributed by atoms with Crippen LogP contribution in [0.15, 0.2) is 6.20 Å². The molecule has 6 nitrogen and oxygen atoms in total. The molecule has 0 spiro atoms. The van der Waals surface area contributed by atoms with Crippen LogP contribution < -0.4 is 0 Å². The molecule has 4 rings (SSSR count). The minimum absolute atomic E-state index is 0.0869. The molecular weight excluding hydrogens is 292 g/mol. The number of hydrogen-bond acceptors (Lipinski definition) is 3. The van der Waals surface area contributed by atoms with Gasteiger partial charge in [-0.3, -0.25) is 14.3 Å². The maximum Gasteiger partial charge on any atom is 0.257 e. The highest BCUT2D eigenvalue weighted by Gasteiger charge is 2.33. The Bertz CT molecular complexity index is 612. The summed E-state index contributed by atoms with van der Waals surface area (Å²) in [4.78, 5) is 28.9. The van der Waals surface area contributed by atoms with Crippen LogP contribution in [0.5, 0.6) is 0 Å². The second kappa shape index (κ2) is 5.98. The van der Waals surface area contributed by atoms with E-state index < -0.39 is 0 Å². The molecule has 2 aliphatic heterocycles. The van der Waals surface area contributed by atoms with E-state index in [9.17, 15) is 9.59 Å². The molecule has 23 heavy (non-hydrogen) atoms. The average Bonchev–Trinajstić information content (AvgIpc) is 2.97. The lowest BCUT2D eigenvalue weighted by Crippen LogP contribution is -2.52. The van der Waals surface area contributed by atoms with E-state index >= 15 is 0 Å². The van der Waals surface area contributed by atoms with Crippen LogP contribution in [0.4, 0.5) is 0 Å². The van der Waals surface area contributed by atoms with Crippen molar-refractivity contribution < 1.29 is 9.59 Å². The predicted octanol–water partition coefficient (Wildman–Crippen LogP) is 1.30. The maximum atomic E-state index is 12.8. The standard InChI is InChI=1S/C17H24N4O2/c22-16(13-4-3-5-13)19-8-10-20(11-9-19)17(23)14-12-18-21-7-2-1-6-15(14)21/h12-13H,1-11H2. The number of nitrogens with zero attached hydrogens (tertiary/aromatic N) is 4. The zero-order valence-corrected chi connectivity index (χ0v) is 13.5. The Hall–Kier alpha value is -1.85. The van der Waals surface area contributed by atoms with E-state index in [0.29, 0.717) is 32.1 Å². The summed E-state index contributed by atoms with van der Waals surface area (Å²) < 4.78 is 1.98. The third-order valence-corrected chi connectivity index (χ3v) is 5.55. The third kappa shape index (κ3) is 2.64. The first-order valence-corrected chi connectivity index (χ1v) is 8.87. The van der Waals surface area contributed by atoms with Gasteiger partial charge in [0.1, 0.15) is 0 Å². The number of aryl methyl sites for hydroxylation is 1. The van der Waals surface area contributed by atoms with Crippen molar-refractivity contribution in [2.75, 3.05) is 26.2 Å². The van der Waals surface area contributed by atoms with Gasteiger partial charge in [-0.15, -0.1) is 0 Å². The smallest absolute Gasteiger partial charge is 0.257 e. The number of carbonyl (C=O) groups excluding carboxylic acids is 2. The fraction of sp³-hybridized carbons (Fsp3) is 0.706. The molecular formula is C17H24N4O2. The lowest BCUT2D eigenvalue weighted by molar-refractivity contribution is -0.139. The molecule has 3 heterocycles. The van der Waals surface area contributed by atoms with Gasteiger partial charge in [0.05, 0.1) is 17.5 Å². The van der Waals surface area contributed by atoms with Gasteiger partial charge in [0.2, 0.25) is 5.91 Å². The minimum Gasteiger partial charge on any atom is -0.339 e. The highest BCUT2D eigenvalue weighted by molar-refractivity contribution is 5.95. The topological polar surface area (TPSA) is 58.4 Å². The van der Waals surface area contributed by atoms with Gasteiger partial charge in [-0.25, -0.2) is 0 Å². The molecule has 2 amide bonds. The normalized spacial score (nSPS) is 21.7. The Kier molecular flexibility index (Phi) is 3.83. The molecule has 1 saturated heterocycles. The summed E-state index contributed by atoms with van der Waals surface area (Å²) >= 11 is 0. The van der Waals surface area contributed by atoms with Crippen molar-refractivity contribution in [3.63, 3.8) is 0 Å². The number of carbonyl (C=O) groups is 2. The van der Waals surface area contributed by atoms with Crippen LogP contribution in [0.2, 0.25) is 0 Å². The minimum atomic E-state index is 0.0869. The van der Waals surface area contributed by atoms with Crippen molar-refractivity contribution in [2.45, 2.75) is 45.1 Å². The first-order chi connectivity index (χ1) is 11.2. The Balaban J connectivity index is 1.39. The van der Waals surface area contributed by atoms with Crippen molar-refractivity contribution in [1.82, 2.24) is 19.6 Å². The fourth-order valence-electron chi connectivity index (χ4n) is 3.81. The number of fused-ring (bicyclic) bond motifs is 1. The van der Waals surface area contributed by atoms with Crippen molar-refractivity contribution >= 4 is 11.8 Å². The highest BCUT2D eigenvalue weighted by Crippen LogP contribution is 2.28. The van der Waals surface area contributed by atoms with Gasteiger partial charge in [-0.1, -0.05) is 6.42 Å². The monoisotopic (exact) mass is 316 g/mol. The summed E-state index contributed by atoms with van der Waals surface area (Å²) in [6.07, 6.45) is 8.22. The SMILES string of the molecule is O=C(c1cnn2c1CCCC2)N1CCN(C(=O)C2CCC2)CC1. The first kappa shape index (κ1) is 14.7. The van der Waals surface area contributed by atoms with Crippen LogP contribution in [0.1, 0.15) is 48.2 Å². The highest BCUT2D eigenvalue weighted by atomic mass is 16.2. The van der Waals surface area contributed by atoms with E-state index in [1.165, 1.54) is 6.42 Å². The molecule has 124 valence electrons. The zero-order chi connectivity index (χ0) is 15.8. The fourth-order valence-corrected chi connectivity index (χ4v) is 3.81.